The summed E-state index contributed by atoms with van der Waals surface area (Å²) in [6.45, 7) is 1.46. The average Bonchev–Trinajstić information content (AvgIpc) is 2.90. The van der Waals surface area contributed by atoms with Gasteiger partial charge in [-0.3, -0.25) is 0 Å². The zero-order valence-corrected chi connectivity index (χ0v) is 12.6. The zero-order chi connectivity index (χ0) is 17.6. The molecule has 0 unspecified atom stereocenters. The van der Waals surface area contributed by atoms with E-state index in [2.05, 4.69) is 0 Å². The Morgan fingerprint density at radius 2 is 1.79 bits per heavy atom. The van der Waals surface area contributed by atoms with Crippen molar-refractivity contribution < 1.29 is 27.5 Å². The van der Waals surface area contributed by atoms with Gasteiger partial charge in [-0.15, -0.1) is 0 Å². The summed E-state index contributed by atoms with van der Waals surface area (Å²) >= 11 is 0. The second-order valence-corrected chi connectivity index (χ2v) is 5.49. The van der Waals surface area contributed by atoms with Crippen molar-refractivity contribution in [2.45, 2.75) is 19.8 Å². The van der Waals surface area contributed by atoms with Crippen molar-refractivity contribution in [2.75, 3.05) is 0 Å². The molecule has 2 aromatic rings. The van der Waals surface area contributed by atoms with Gasteiger partial charge >= 0.3 is 0 Å². The van der Waals surface area contributed by atoms with Gasteiger partial charge in [0.1, 0.15) is 11.6 Å². The van der Waals surface area contributed by atoms with Crippen molar-refractivity contribution in [3.05, 3.63) is 75.4 Å². The van der Waals surface area contributed by atoms with Gasteiger partial charge in [0, 0.05) is 17.5 Å². The summed E-state index contributed by atoms with van der Waals surface area (Å²) < 4.78 is 55.6. The Bertz CT molecular complexity index is 900. The number of rotatable bonds is 3. The molecule has 6 heteroatoms. The van der Waals surface area contributed by atoms with Gasteiger partial charge in [0.15, 0.2) is 11.6 Å². The second-order valence-electron chi connectivity index (χ2n) is 5.49. The third kappa shape index (κ3) is 2.38. The topological polar surface area (TPSA) is 40.1 Å². The van der Waals surface area contributed by atoms with Gasteiger partial charge < -0.3 is 9.90 Å². The van der Waals surface area contributed by atoms with Crippen molar-refractivity contribution in [3.8, 4) is 0 Å². The lowest BCUT2D eigenvalue weighted by atomic mass is 9.94. The predicted molar refractivity (Wildman–Crippen MR) is 76.8 cm³/mol. The highest BCUT2D eigenvalue weighted by Crippen LogP contribution is 2.40. The molecule has 0 fully saturated rings. The van der Waals surface area contributed by atoms with Crippen LogP contribution in [-0.4, -0.2) is 5.97 Å². The number of carbonyl (C=O) groups excluding carboxylic acids is 1. The highest BCUT2D eigenvalue weighted by molar-refractivity contribution is 6.03. The van der Waals surface area contributed by atoms with Gasteiger partial charge in [0.2, 0.25) is 0 Å². The number of carboxylic acids is 1. The van der Waals surface area contributed by atoms with Gasteiger partial charge in [-0.2, -0.15) is 0 Å². The fourth-order valence-corrected chi connectivity index (χ4v) is 3.02. The maximum atomic E-state index is 14.6. The molecule has 0 saturated carbocycles. The Labute approximate surface area is 135 Å². The highest BCUT2D eigenvalue weighted by atomic mass is 19.2. The fraction of sp³-hybridized carbons (Fsp3) is 0.167. The molecular formula is C18H11F4O2-. The standard InChI is InChI=1S/C18H12F4O2/c1-2-10-16(21)12(7-14(20)17(10)22)15-11-4-3-9(19)5-8(11)6-13(15)18(23)24/h3-5,7H,2,6H2,1H3,(H,23,24)/p-1. The molecule has 0 amide bonds. The molecule has 1 aliphatic carbocycles. The number of aliphatic carboxylic acids is 1. The van der Waals surface area contributed by atoms with Crippen LogP contribution in [0.25, 0.3) is 5.57 Å². The normalized spacial score (nSPS) is 13.4. The van der Waals surface area contributed by atoms with Crippen molar-refractivity contribution >= 4 is 11.5 Å². The van der Waals surface area contributed by atoms with Crippen LogP contribution in [0.3, 0.4) is 0 Å². The van der Waals surface area contributed by atoms with Crippen molar-refractivity contribution in [1.29, 1.82) is 0 Å². The van der Waals surface area contributed by atoms with E-state index in [9.17, 15) is 27.5 Å². The van der Waals surface area contributed by atoms with E-state index in [1.165, 1.54) is 13.0 Å². The third-order valence-electron chi connectivity index (χ3n) is 4.12. The predicted octanol–water partition coefficient (Wildman–Crippen LogP) is 2.91. The van der Waals surface area contributed by atoms with Crippen LogP contribution < -0.4 is 5.11 Å². The lowest BCUT2D eigenvalue weighted by molar-refractivity contribution is -0.299. The van der Waals surface area contributed by atoms with Gasteiger partial charge in [-0.1, -0.05) is 13.0 Å². The molecule has 0 spiro atoms. The largest absolute Gasteiger partial charge is 0.545 e. The van der Waals surface area contributed by atoms with E-state index in [4.69, 9.17) is 0 Å². The Kier molecular flexibility index (Phi) is 3.91. The summed E-state index contributed by atoms with van der Waals surface area (Å²) in [5.74, 6) is -5.74. The van der Waals surface area contributed by atoms with Crippen LogP contribution in [0.1, 0.15) is 29.2 Å². The van der Waals surface area contributed by atoms with Crippen LogP contribution in [0.4, 0.5) is 17.6 Å². The van der Waals surface area contributed by atoms with Crippen LogP contribution in [0.5, 0.6) is 0 Å². The molecule has 1 aliphatic rings. The molecule has 3 rings (SSSR count). The summed E-state index contributed by atoms with van der Waals surface area (Å²) in [7, 11) is 0. The van der Waals surface area contributed by atoms with E-state index >= 15 is 0 Å². The number of halogens is 4. The van der Waals surface area contributed by atoms with E-state index in [0.717, 1.165) is 12.1 Å². The minimum Gasteiger partial charge on any atom is -0.545 e. The Hall–Kier alpha value is -2.63. The van der Waals surface area contributed by atoms with Crippen molar-refractivity contribution in [2.24, 2.45) is 0 Å². The second kappa shape index (κ2) is 5.78. The monoisotopic (exact) mass is 335 g/mol. The lowest BCUT2D eigenvalue weighted by Gasteiger charge is -2.14. The van der Waals surface area contributed by atoms with Gasteiger partial charge in [-0.25, -0.2) is 17.6 Å². The first-order valence-corrected chi connectivity index (χ1v) is 7.25. The molecular weight excluding hydrogens is 324 g/mol. The molecule has 124 valence electrons. The first-order valence-electron chi connectivity index (χ1n) is 7.25. The van der Waals surface area contributed by atoms with E-state index < -0.39 is 34.8 Å². The van der Waals surface area contributed by atoms with Crippen molar-refractivity contribution in [1.82, 2.24) is 0 Å². The van der Waals surface area contributed by atoms with Crippen LogP contribution >= 0.6 is 0 Å². The molecule has 24 heavy (non-hydrogen) atoms. The Morgan fingerprint density at radius 1 is 1.08 bits per heavy atom. The molecule has 0 aromatic heterocycles. The van der Waals surface area contributed by atoms with Crippen LogP contribution in [0, 0.1) is 23.3 Å². The first kappa shape index (κ1) is 16.2. The summed E-state index contributed by atoms with van der Waals surface area (Å²) in [6.07, 6.45) is -0.280. The summed E-state index contributed by atoms with van der Waals surface area (Å²) in [5.41, 5.74) is -0.631. The van der Waals surface area contributed by atoms with Crippen LogP contribution in [-0.2, 0) is 17.6 Å². The van der Waals surface area contributed by atoms with E-state index in [0.29, 0.717) is 11.6 Å². The van der Waals surface area contributed by atoms with Crippen LogP contribution in [0.15, 0.2) is 29.8 Å². The molecule has 0 radical (unpaired) electrons. The molecule has 2 aromatic carbocycles. The summed E-state index contributed by atoms with van der Waals surface area (Å²) in [6, 6.07) is 4.14. The summed E-state index contributed by atoms with van der Waals surface area (Å²) in [4.78, 5) is 11.4. The number of carbonyl (C=O) groups is 1. The minimum atomic E-state index is -1.57. The minimum absolute atomic E-state index is 0.101. The van der Waals surface area contributed by atoms with E-state index in [-0.39, 0.29) is 35.1 Å². The number of hydrogen-bond donors (Lipinski definition) is 0. The van der Waals surface area contributed by atoms with Crippen LogP contribution in [0.2, 0.25) is 0 Å². The molecule has 0 saturated heterocycles. The molecule has 0 aliphatic heterocycles. The SMILES string of the molecule is CCc1c(F)c(F)cc(C2=C(C(=O)[O-])Cc3cc(F)ccc32)c1F. The highest BCUT2D eigenvalue weighted by Gasteiger charge is 2.28. The smallest absolute Gasteiger partial charge is 0.164 e. The van der Waals surface area contributed by atoms with E-state index in [1.54, 1.807) is 0 Å². The quantitative estimate of drug-likeness (QED) is 0.639. The average molecular weight is 335 g/mol. The van der Waals surface area contributed by atoms with Gasteiger partial charge in [0.25, 0.3) is 0 Å². The number of hydrogen-bond acceptors (Lipinski definition) is 2. The summed E-state index contributed by atoms with van der Waals surface area (Å²) in [5, 5.41) is 11.4. The molecule has 0 bridgehead atoms. The number of benzene rings is 2. The lowest BCUT2D eigenvalue weighted by Crippen LogP contribution is -2.25. The van der Waals surface area contributed by atoms with E-state index in [1.807, 2.05) is 0 Å². The van der Waals surface area contributed by atoms with Gasteiger partial charge in [-0.05, 0) is 46.9 Å². The fourth-order valence-electron chi connectivity index (χ4n) is 3.02. The first-order chi connectivity index (χ1) is 11.3. The number of carboxylic acid groups (broad SMARTS) is 1. The number of fused-ring (bicyclic) bond motifs is 1. The Balaban J connectivity index is 2.33. The van der Waals surface area contributed by atoms with Gasteiger partial charge in [0.05, 0.1) is 5.97 Å². The molecule has 0 heterocycles. The van der Waals surface area contributed by atoms with Crippen molar-refractivity contribution in [3.63, 3.8) is 0 Å². The Morgan fingerprint density at radius 3 is 2.42 bits per heavy atom. The zero-order valence-electron chi connectivity index (χ0n) is 12.6. The molecule has 0 N–H and O–H groups in total. The maximum absolute atomic E-state index is 14.6. The maximum Gasteiger partial charge on any atom is 0.164 e. The third-order valence-corrected chi connectivity index (χ3v) is 4.12. The molecule has 0 atom stereocenters. The molecule has 2 nitrogen and oxygen atoms in total.